The van der Waals surface area contributed by atoms with E-state index in [1.165, 1.54) is 6.07 Å². The summed E-state index contributed by atoms with van der Waals surface area (Å²) in [6, 6.07) is 12.2. The van der Waals surface area contributed by atoms with Crippen LogP contribution in [0.3, 0.4) is 0 Å². The average molecular weight is 372 g/mol. The van der Waals surface area contributed by atoms with Crippen LogP contribution in [0.1, 0.15) is 15.9 Å². The molecule has 5 N–H and O–H groups in total. The SMILES string of the molecule is Cc1ccc(C(=O)Nc2ccc3cc(S(=O)(=O)O)c(O)cc3c2)c(N)c1. The second-order valence-corrected chi connectivity index (χ2v) is 7.29. The van der Waals surface area contributed by atoms with Crippen molar-refractivity contribution in [1.29, 1.82) is 0 Å². The number of phenols is 1. The number of hydrogen-bond acceptors (Lipinski definition) is 5. The van der Waals surface area contributed by atoms with Crippen molar-refractivity contribution in [2.75, 3.05) is 11.1 Å². The highest BCUT2D eigenvalue weighted by Gasteiger charge is 2.17. The number of nitrogens with one attached hydrogen (secondary N) is 1. The van der Waals surface area contributed by atoms with Gasteiger partial charge in [0.15, 0.2) is 0 Å². The number of nitrogen functional groups attached to an aromatic ring is 1. The largest absolute Gasteiger partial charge is 0.506 e. The molecule has 0 saturated carbocycles. The number of benzene rings is 3. The van der Waals surface area contributed by atoms with E-state index in [2.05, 4.69) is 5.32 Å². The number of hydrogen-bond donors (Lipinski definition) is 4. The lowest BCUT2D eigenvalue weighted by molar-refractivity contribution is 0.102. The summed E-state index contributed by atoms with van der Waals surface area (Å²) >= 11 is 0. The Hall–Kier alpha value is -3.10. The minimum Gasteiger partial charge on any atom is -0.506 e. The van der Waals surface area contributed by atoms with Crippen molar-refractivity contribution in [3.8, 4) is 5.75 Å². The number of amides is 1. The average Bonchev–Trinajstić information content (AvgIpc) is 2.52. The standard InChI is InChI=1S/C18H16N2O5S/c1-10-2-5-14(15(19)6-10)18(22)20-13-4-3-11-9-17(26(23,24)25)16(21)8-12(11)7-13/h2-9,21H,19H2,1H3,(H,20,22)(H,23,24,25). The number of aromatic hydroxyl groups is 1. The lowest BCUT2D eigenvalue weighted by atomic mass is 10.1. The van der Waals surface area contributed by atoms with Crippen LogP contribution in [0.5, 0.6) is 5.75 Å². The number of aryl methyl sites for hydroxylation is 1. The number of phenolic OH excluding ortho intramolecular Hbond substituents is 1. The molecule has 1 amide bonds. The number of nitrogens with two attached hydrogens (primary N) is 1. The summed E-state index contributed by atoms with van der Waals surface area (Å²) in [4.78, 5) is 11.8. The van der Waals surface area contributed by atoms with Crippen LogP contribution >= 0.6 is 0 Å². The van der Waals surface area contributed by atoms with Gasteiger partial charge in [-0.1, -0.05) is 12.1 Å². The highest BCUT2D eigenvalue weighted by molar-refractivity contribution is 7.86. The van der Waals surface area contributed by atoms with E-state index in [0.29, 0.717) is 27.7 Å². The number of anilines is 2. The molecule has 134 valence electrons. The molecule has 0 spiro atoms. The van der Waals surface area contributed by atoms with Gasteiger partial charge in [0.1, 0.15) is 10.6 Å². The molecule has 3 aromatic rings. The Labute approximate surface area is 149 Å². The Kier molecular flexibility index (Phi) is 4.31. The molecule has 0 fully saturated rings. The summed E-state index contributed by atoms with van der Waals surface area (Å²) in [5.74, 6) is -0.966. The van der Waals surface area contributed by atoms with Gasteiger partial charge in [-0.25, -0.2) is 0 Å². The summed E-state index contributed by atoms with van der Waals surface area (Å²) in [6.07, 6.45) is 0. The second kappa shape index (κ2) is 6.32. The number of carbonyl (C=O) groups is 1. The van der Waals surface area contributed by atoms with Crippen LogP contribution in [0.15, 0.2) is 53.4 Å². The molecule has 3 rings (SSSR count). The zero-order chi connectivity index (χ0) is 19.1. The topological polar surface area (TPSA) is 130 Å². The van der Waals surface area contributed by atoms with Gasteiger partial charge >= 0.3 is 0 Å². The monoisotopic (exact) mass is 372 g/mol. The van der Waals surface area contributed by atoms with E-state index < -0.39 is 20.8 Å². The third kappa shape index (κ3) is 3.46. The lowest BCUT2D eigenvalue weighted by Crippen LogP contribution is -2.14. The van der Waals surface area contributed by atoms with Crippen LogP contribution in [0.25, 0.3) is 10.8 Å². The van der Waals surface area contributed by atoms with Crippen LogP contribution in [-0.2, 0) is 10.1 Å². The summed E-state index contributed by atoms with van der Waals surface area (Å²) in [5.41, 5.74) is 7.95. The summed E-state index contributed by atoms with van der Waals surface area (Å²) in [5, 5.41) is 13.5. The molecule has 0 aliphatic heterocycles. The highest BCUT2D eigenvalue weighted by Crippen LogP contribution is 2.30. The molecule has 8 heteroatoms. The van der Waals surface area contributed by atoms with E-state index in [-0.39, 0.29) is 5.91 Å². The van der Waals surface area contributed by atoms with Crippen molar-refractivity contribution in [3.05, 3.63) is 59.7 Å². The van der Waals surface area contributed by atoms with Gasteiger partial charge in [0.05, 0.1) is 5.56 Å². The lowest BCUT2D eigenvalue weighted by Gasteiger charge is -2.10. The van der Waals surface area contributed by atoms with Gasteiger partial charge in [-0.3, -0.25) is 9.35 Å². The zero-order valence-corrected chi connectivity index (χ0v) is 14.5. The number of rotatable bonds is 3. The zero-order valence-electron chi connectivity index (χ0n) is 13.7. The van der Waals surface area contributed by atoms with E-state index in [1.54, 1.807) is 36.4 Å². The highest BCUT2D eigenvalue weighted by atomic mass is 32.2. The van der Waals surface area contributed by atoms with Crippen molar-refractivity contribution in [3.63, 3.8) is 0 Å². The minimum atomic E-state index is -4.53. The Morgan fingerprint density at radius 2 is 1.77 bits per heavy atom. The van der Waals surface area contributed by atoms with Gasteiger partial charge in [-0.2, -0.15) is 8.42 Å². The predicted octanol–water partition coefficient (Wildman–Crippen LogP) is 2.94. The molecule has 0 saturated heterocycles. The molecule has 0 radical (unpaired) electrons. The second-order valence-electron chi connectivity index (χ2n) is 5.90. The van der Waals surface area contributed by atoms with Crippen LogP contribution in [0.4, 0.5) is 11.4 Å². The molecule has 0 heterocycles. The quantitative estimate of drug-likeness (QED) is 0.413. The fourth-order valence-electron chi connectivity index (χ4n) is 2.64. The number of carbonyl (C=O) groups excluding carboxylic acids is 1. The fraction of sp³-hybridized carbons (Fsp3) is 0.0556. The first kappa shape index (κ1) is 17.7. The maximum Gasteiger partial charge on any atom is 0.298 e. The van der Waals surface area contributed by atoms with Crippen molar-refractivity contribution >= 4 is 38.2 Å². The Morgan fingerprint density at radius 1 is 1.04 bits per heavy atom. The Bertz CT molecular complexity index is 1140. The van der Waals surface area contributed by atoms with Gasteiger partial charge in [-0.05, 0) is 59.7 Å². The molecule has 0 aliphatic rings. The van der Waals surface area contributed by atoms with Crippen LogP contribution < -0.4 is 11.1 Å². The van der Waals surface area contributed by atoms with E-state index in [1.807, 2.05) is 6.92 Å². The summed E-state index contributed by atoms with van der Waals surface area (Å²) in [7, 11) is -4.53. The van der Waals surface area contributed by atoms with Gasteiger partial charge in [0.2, 0.25) is 0 Å². The van der Waals surface area contributed by atoms with E-state index in [9.17, 15) is 18.3 Å². The van der Waals surface area contributed by atoms with Crippen LogP contribution in [0.2, 0.25) is 0 Å². The smallest absolute Gasteiger partial charge is 0.298 e. The third-order valence-corrected chi connectivity index (χ3v) is 4.79. The third-order valence-electron chi connectivity index (χ3n) is 3.91. The predicted molar refractivity (Wildman–Crippen MR) is 99.0 cm³/mol. The molecule has 26 heavy (non-hydrogen) atoms. The molecule has 0 aliphatic carbocycles. The van der Waals surface area contributed by atoms with Gasteiger partial charge in [0.25, 0.3) is 16.0 Å². The molecular formula is C18H16N2O5S. The fourth-order valence-corrected chi connectivity index (χ4v) is 3.24. The maximum atomic E-state index is 12.4. The van der Waals surface area contributed by atoms with Crippen molar-refractivity contribution in [2.24, 2.45) is 0 Å². The molecule has 0 aromatic heterocycles. The first-order chi connectivity index (χ1) is 12.1. The van der Waals surface area contributed by atoms with Gasteiger partial charge in [0, 0.05) is 11.4 Å². The van der Waals surface area contributed by atoms with Crippen molar-refractivity contribution < 1.29 is 22.9 Å². The van der Waals surface area contributed by atoms with Crippen LogP contribution in [-0.4, -0.2) is 24.0 Å². The van der Waals surface area contributed by atoms with Crippen LogP contribution in [0, 0.1) is 6.92 Å². The van der Waals surface area contributed by atoms with Gasteiger partial charge in [-0.15, -0.1) is 0 Å². The summed E-state index contributed by atoms with van der Waals surface area (Å²) < 4.78 is 31.6. The molecule has 3 aromatic carbocycles. The summed E-state index contributed by atoms with van der Waals surface area (Å²) in [6.45, 7) is 1.87. The molecule has 0 unspecified atom stereocenters. The molecule has 0 bridgehead atoms. The van der Waals surface area contributed by atoms with Gasteiger partial charge < -0.3 is 16.2 Å². The minimum absolute atomic E-state index is 0.334. The molecular weight excluding hydrogens is 356 g/mol. The molecule has 0 atom stereocenters. The first-order valence-corrected chi connectivity index (χ1v) is 9.01. The molecule has 7 nitrogen and oxygen atoms in total. The van der Waals surface area contributed by atoms with E-state index in [0.717, 1.165) is 11.6 Å². The number of fused-ring (bicyclic) bond motifs is 1. The van der Waals surface area contributed by atoms with Crippen molar-refractivity contribution in [2.45, 2.75) is 11.8 Å². The Balaban J connectivity index is 1.95. The maximum absolute atomic E-state index is 12.4. The normalized spacial score (nSPS) is 11.5. The van der Waals surface area contributed by atoms with E-state index >= 15 is 0 Å². The first-order valence-electron chi connectivity index (χ1n) is 7.57. The Morgan fingerprint density at radius 3 is 2.42 bits per heavy atom. The van der Waals surface area contributed by atoms with Crippen molar-refractivity contribution in [1.82, 2.24) is 0 Å². The van der Waals surface area contributed by atoms with E-state index in [4.69, 9.17) is 10.3 Å².